The number of aryl methyl sites for hydroxylation is 1. The number of methoxy groups -OCH3 is 1. The van der Waals surface area contributed by atoms with E-state index in [1.807, 2.05) is 78.6 Å². The quantitative estimate of drug-likeness (QED) is 0.230. The Morgan fingerprint density at radius 1 is 0.854 bits per heavy atom. The van der Waals surface area contributed by atoms with E-state index in [9.17, 15) is 14.7 Å². The van der Waals surface area contributed by atoms with Gasteiger partial charge in [0.1, 0.15) is 5.75 Å². The molecule has 0 spiro atoms. The fraction of sp³-hybridized carbons (Fsp3) is 0.412. The van der Waals surface area contributed by atoms with Crippen LogP contribution in [0.25, 0.3) is 0 Å². The van der Waals surface area contributed by atoms with Crippen LogP contribution in [0.4, 0.5) is 0 Å². The number of carbonyl (C=O) groups excluding carboxylic acids is 2. The molecule has 3 aromatic carbocycles. The Balaban J connectivity index is 1.78. The van der Waals surface area contributed by atoms with Crippen LogP contribution in [0.15, 0.2) is 72.8 Å². The van der Waals surface area contributed by atoms with Crippen LogP contribution >= 0.6 is 0 Å². The van der Waals surface area contributed by atoms with Gasteiger partial charge in [0.15, 0.2) is 0 Å². The number of hydrogen-bond donors (Lipinski definition) is 3. The van der Waals surface area contributed by atoms with Gasteiger partial charge >= 0.3 is 0 Å². The maximum atomic E-state index is 13.6. The molecule has 7 nitrogen and oxygen atoms in total. The van der Waals surface area contributed by atoms with Gasteiger partial charge in [0.05, 0.1) is 19.3 Å². The van der Waals surface area contributed by atoms with E-state index in [0.29, 0.717) is 43.6 Å². The molecular weight excluding hydrogens is 514 g/mol. The summed E-state index contributed by atoms with van der Waals surface area (Å²) in [5.74, 6) is 0.416. The first-order valence-corrected chi connectivity index (χ1v) is 14.7. The summed E-state index contributed by atoms with van der Waals surface area (Å²) in [6.45, 7) is 8.32. The highest BCUT2D eigenvalue weighted by atomic mass is 16.5. The zero-order valence-corrected chi connectivity index (χ0v) is 24.9. The van der Waals surface area contributed by atoms with Gasteiger partial charge in [-0.25, -0.2) is 0 Å². The fourth-order valence-corrected chi connectivity index (χ4v) is 4.88. The molecule has 2 amide bonds. The lowest BCUT2D eigenvalue weighted by Crippen LogP contribution is -2.48. The summed E-state index contributed by atoms with van der Waals surface area (Å²) >= 11 is 0. The van der Waals surface area contributed by atoms with Gasteiger partial charge in [-0.2, -0.15) is 0 Å². The highest BCUT2D eigenvalue weighted by molar-refractivity contribution is 6.00. The smallest absolute Gasteiger partial charge is 0.253 e. The Morgan fingerprint density at radius 2 is 1.54 bits per heavy atom. The van der Waals surface area contributed by atoms with Crippen LogP contribution in [0, 0.1) is 0 Å². The Kier molecular flexibility index (Phi) is 12.9. The van der Waals surface area contributed by atoms with Crippen molar-refractivity contribution < 1.29 is 19.4 Å². The maximum Gasteiger partial charge on any atom is 0.253 e. The van der Waals surface area contributed by atoms with Crippen LogP contribution in [0.1, 0.15) is 71.0 Å². The molecule has 0 fully saturated rings. The molecule has 0 bridgehead atoms. The van der Waals surface area contributed by atoms with Crippen molar-refractivity contribution in [3.63, 3.8) is 0 Å². The topological polar surface area (TPSA) is 90.9 Å². The molecule has 3 aromatic rings. The summed E-state index contributed by atoms with van der Waals surface area (Å²) in [6, 6.07) is 22.4. The Labute approximate surface area is 244 Å². The van der Waals surface area contributed by atoms with Gasteiger partial charge in [0.2, 0.25) is 0 Å². The number of hydrogen-bond acceptors (Lipinski definition) is 5. The minimum absolute atomic E-state index is 0.0549. The molecule has 0 aliphatic heterocycles. The van der Waals surface area contributed by atoms with E-state index in [2.05, 4.69) is 24.5 Å². The lowest BCUT2D eigenvalue weighted by atomic mass is 9.99. The van der Waals surface area contributed by atoms with Crippen LogP contribution in [-0.4, -0.2) is 60.7 Å². The van der Waals surface area contributed by atoms with Gasteiger partial charge in [0.25, 0.3) is 11.8 Å². The highest BCUT2D eigenvalue weighted by Crippen LogP contribution is 2.16. The first-order valence-electron chi connectivity index (χ1n) is 14.7. The van der Waals surface area contributed by atoms with Gasteiger partial charge in [-0.1, -0.05) is 63.2 Å². The number of amides is 2. The number of ether oxygens (including phenoxy) is 1. The molecule has 0 aliphatic rings. The van der Waals surface area contributed by atoms with Gasteiger partial charge in [-0.3, -0.25) is 9.59 Å². The molecule has 220 valence electrons. The van der Waals surface area contributed by atoms with Gasteiger partial charge in [-0.05, 0) is 72.7 Å². The minimum Gasteiger partial charge on any atom is -0.497 e. The Bertz CT molecular complexity index is 1240. The largest absolute Gasteiger partial charge is 0.497 e. The average Bonchev–Trinajstić information content (AvgIpc) is 3.00. The summed E-state index contributed by atoms with van der Waals surface area (Å²) < 4.78 is 5.30. The van der Waals surface area contributed by atoms with Crippen molar-refractivity contribution in [3.8, 4) is 5.75 Å². The van der Waals surface area contributed by atoms with Crippen molar-refractivity contribution in [2.45, 2.75) is 65.1 Å². The third-order valence-corrected chi connectivity index (χ3v) is 7.08. The molecule has 0 aliphatic carbocycles. The molecule has 2 atom stereocenters. The van der Waals surface area contributed by atoms with Crippen molar-refractivity contribution in [1.82, 2.24) is 15.5 Å². The van der Waals surface area contributed by atoms with E-state index >= 15 is 0 Å². The summed E-state index contributed by atoms with van der Waals surface area (Å²) in [7, 11) is 1.63. The lowest BCUT2D eigenvalue weighted by molar-refractivity contribution is 0.0755. The van der Waals surface area contributed by atoms with Crippen molar-refractivity contribution in [3.05, 3.63) is 101 Å². The molecule has 41 heavy (non-hydrogen) atoms. The van der Waals surface area contributed by atoms with Crippen LogP contribution in [0.3, 0.4) is 0 Å². The van der Waals surface area contributed by atoms with E-state index in [1.165, 1.54) is 0 Å². The SMILES string of the molecule is CCCN(CCC)C(=O)c1cc(CC)cc(C(=O)N[C@@H](Cc2ccccc2)[C@H](O)CNCc2cccc(OC)c2)c1. The highest BCUT2D eigenvalue weighted by Gasteiger charge is 2.24. The molecule has 0 aromatic heterocycles. The van der Waals surface area contributed by atoms with Crippen molar-refractivity contribution >= 4 is 11.8 Å². The average molecular weight is 560 g/mol. The van der Waals surface area contributed by atoms with Crippen LogP contribution in [0.5, 0.6) is 5.75 Å². The second-order valence-corrected chi connectivity index (χ2v) is 10.4. The molecule has 0 saturated heterocycles. The molecule has 7 heteroatoms. The van der Waals surface area contributed by atoms with Gasteiger partial charge in [-0.15, -0.1) is 0 Å². The van der Waals surface area contributed by atoms with Crippen molar-refractivity contribution in [2.24, 2.45) is 0 Å². The summed E-state index contributed by atoms with van der Waals surface area (Å²) in [5, 5.41) is 17.6. The van der Waals surface area contributed by atoms with Gasteiger partial charge in [0, 0.05) is 37.3 Å². The number of aliphatic hydroxyl groups is 1. The third kappa shape index (κ3) is 9.73. The number of benzene rings is 3. The molecule has 0 heterocycles. The van der Waals surface area contributed by atoms with E-state index in [0.717, 1.165) is 35.3 Å². The van der Waals surface area contributed by atoms with E-state index in [1.54, 1.807) is 13.2 Å². The molecule has 0 radical (unpaired) electrons. The fourth-order valence-electron chi connectivity index (χ4n) is 4.88. The number of carbonyl (C=O) groups is 2. The maximum absolute atomic E-state index is 13.6. The van der Waals surface area contributed by atoms with Crippen LogP contribution < -0.4 is 15.4 Å². The first kappa shape index (κ1) is 31.8. The van der Waals surface area contributed by atoms with E-state index in [4.69, 9.17) is 4.74 Å². The lowest BCUT2D eigenvalue weighted by Gasteiger charge is -2.25. The van der Waals surface area contributed by atoms with E-state index in [-0.39, 0.29) is 18.4 Å². The molecule has 3 rings (SSSR count). The van der Waals surface area contributed by atoms with Gasteiger partial charge < -0.3 is 25.4 Å². The minimum atomic E-state index is -0.843. The second-order valence-electron chi connectivity index (χ2n) is 10.4. The number of nitrogens with one attached hydrogen (secondary N) is 2. The molecular formula is C34H45N3O4. The van der Waals surface area contributed by atoms with E-state index < -0.39 is 12.1 Å². The molecule has 3 N–H and O–H groups in total. The number of rotatable bonds is 16. The Hall–Kier alpha value is -3.68. The third-order valence-electron chi connectivity index (χ3n) is 7.08. The zero-order valence-electron chi connectivity index (χ0n) is 24.9. The van der Waals surface area contributed by atoms with Crippen molar-refractivity contribution in [1.29, 1.82) is 0 Å². The molecule has 0 unspecified atom stereocenters. The zero-order chi connectivity index (χ0) is 29.6. The number of aliphatic hydroxyl groups excluding tert-OH is 1. The Morgan fingerprint density at radius 3 is 2.20 bits per heavy atom. The standard InChI is InChI=1S/C34H45N3O4/c1-5-16-37(17-6-2)34(40)29-19-25(7-3)18-28(22-29)33(39)36-31(21-26-12-9-8-10-13-26)32(38)24-35-23-27-14-11-15-30(20-27)41-4/h8-15,18-20,22,31-32,35,38H,5-7,16-17,21,23-24H2,1-4H3,(H,36,39)/t31-,32+/m0/s1. The normalized spacial score (nSPS) is 12.4. The second kappa shape index (κ2) is 16.6. The monoisotopic (exact) mass is 559 g/mol. The first-order chi connectivity index (χ1) is 19.9. The number of nitrogens with zero attached hydrogens (tertiary/aromatic N) is 1. The summed E-state index contributed by atoms with van der Waals surface area (Å²) in [5.41, 5.74) is 3.92. The van der Waals surface area contributed by atoms with Crippen LogP contribution in [-0.2, 0) is 19.4 Å². The van der Waals surface area contributed by atoms with Crippen LogP contribution in [0.2, 0.25) is 0 Å². The predicted octanol–water partition coefficient (Wildman–Crippen LogP) is 5.01. The summed E-state index contributed by atoms with van der Waals surface area (Å²) in [4.78, 5) is 28.8. The molecule has 0 saturated carbocycles. The summed E-state index contributed by atoms with van der Waals surface area (Å²) in [6.07, 6.45) is 2.07. The van der Waals surface area contributed by atoms with Crippen molar-refractivity contribution in [2.75, 3.05) is 26.7 Å². The predicted molar refractivity (Wildman–Crippen MR) is 164 cm³/mol.